The minimum atomic E-state index is -1.14. The van der Waals surface area contributed by atoms with Gasteiger partial charge in [0.05, 0.1) is 17.7 Å². The molecule has 0 spiro atoms. The van der Waals surface area contributed by atoms with E-state index in [-0.39, 0.29) is 22.9 Å². The Labute approximate surface area is 146 Å². The van der Waals surface area contributed by atoms with E-state index >= 15 is 0 Å². The van der Waals surface area contributed by atoms with Gasteiger partial charge in [0.2, 0.25) is 5.75 Å². The van der Waals surface area contributed by atoms with E-state index < -0.39 is 27.7 Å². The van der Waals surface area contributed by atoms with Gasteiger partial charge in [0.1, 0.15) is 11.9 Å². The van der Waals surface area contributed by atoms with E-state index in [1.54, 1.807) is 0 Å². The zero-order valence-corrected chi connectivity index (χ0v) is 13.7. The van der Waals surface area contributed by atoms with Crippen molar-refractivity contribution in [3.05, 3.63) is 56.8 Å². The van der Waals surface area contributed by atoms with Gasteiger partial charge in [-0.1, -0.05) is 0 Å². The first-order valence-electron chi connectivity index (χ1n) is 7.23. The molecule has 1 amide bonds. The fraction of sp³-hybridized carbons (Fsp3) is 0.200. The van der Waals surface area contributed by atoms with Gasteiger partial charge in [0, 0.05) is 12.1 Å². The Morgan fingerprint density at radius 1 is 1.19 bits per heavy atom. The summed E-state index contributed by atoms with van der Waals surface area (Å²) in [7, 11) is 1.34. The van der Waals surface area contributed by atoms with Crippen LogP contribution in [0.25, 0.3) is 0 Å². The SMILES string of the molecule is COc1ccc([N+](=O)[O-])cc1NC(=O)C(C)Oc1cccnc1[N+](=O)[O-]. The first kappa shape index (κ1) is 18.6. The molecule has 1 atom stereocenters. The van der Waals surface area contributed by atoms with Crippen LogP contribution in [-0.4, -0.2) is 34.0 Å². The molecule has 1 aromatic carbocycles. The number of nitro benzene ring substituents is 1. The van der Waals surface area contributed by atoms with Crippen LogP contribution in [-0.2, 0) is 4.79 Å². The number of carbonyl (C=O) groups excluding carboxylic acids is 1. The third kappa shape index (κ3) is 4.20. The maximum absolute atomic E-state index is 12.3. The van der Waals surface area contributed by atoms with Crippen LogP contribution in [0.1, 0.15) is 6.92 Å². The summed E-state index contributed by atoms with van der Waals surface area (Å²) in [6.07, 6.45) is 0.0887. The molecule has 0 aliphatic heterocycles. The van der Waals surface area contributed by atoms with E-state index in [2.05, 4.69) is 10.3 Å². The van der Waals surface area contributed by atoms with Gasteiger partial charge in [0.15, 0.2) is 6.10 Å². The number of nitrogens with zero attached hydrogens (tertiary/aromatic N) is 3. The highest BCUT2D eigenvalue weighted by Gasteiger charge is 2.23. The summed E-state index contributed by atoms with van der Waals surface area (Å²) >= 11 is 0. The molecule has 1 heterocycles. The standard InChI is InChI=1S/C15H14N4O7/c1-9(26-13-4-3-7-16-14(13)19(23)24)15(20)17-11-8-10(18(21)22)5-6-12(11)25-2/h3-9H,1-2H3,(H,17,20). The second-order valence-corrected chi connectivity index (χ2v) is 4.97. The predicted octanol–water partition coefficient (Wildman–Crippen LogP) is 2.31. The number of benzene rings is 1. The van der Waals surface area contributed by atoms with Crippen LogP contribution in [0.2, 0.25) is 0 Å². The van der Waals surface area contributed by atoms with Crippen molar-refractivity contribution in [2.24, 2.45) is 0 Å². The predicted molar refractivity (Wildman–Crippen MR) is 89.3 cm³/mol. The fourth-order valence-electron chi connectivity index (χ4n) is 2.00. The number of aromatic nitrogens is 1. The van der Waals surface area contributed by atoms with Crippen LogP contribution in [0, 0.1) is 20.2 Å². The number of hydrogen-bond acceptors (Lipinski definition) is 8. The van der Waals surface area contributed by atoms with Gasteiger partial charge in [-0.3, -0.25) is 14.9 Å². The summed E-state index contributed by atoms with van der Waals surface area (Å²) in [6.45, 7) is 1.37. The first-order valence-corrected chi connectivity index (χ1v) is 7.23. The van der Waals surface area contributed by atoms with E-state index in [1.807, 2.05) is 0 Å². The van der Waals surface area contributed by atoms with Crippen molar-refractivity contribution in [1.82, 2.24) is 4.98 Å². The average molecular weight is 362 g/mol. The molecular formula is C15H14N4O7. The van der Waals surface area contributed by atoms with Crippen molar-refractivity contribution in [2.45, 2.75) is 13.0 Å². The van der Waals surface area contributed by atoms with E-state index in [9.17, 15) is 25.0 Å². The zero-order valence-electron chi connectivity index (χ0n) is 13.7. The van der Waals surface area contributed by atoms with Gasteiger partial charge in [-0.2, -0.15) is 0 Å². The number of hydrogen-bond donors (Lipinski definition) is 1. The van der Waals surface area contributed by atoms with Gasteiger partial charge < -0.3 is 24.9 Å². The third-order valence-electron chi connectivity index (χ3n) is 3.25. The molecule has 1 N–H and O–H groups in total. The van der Waals surface area contributed by atoms with Crippen LogP contribution >= 0.6 is 0 Å². The average Bonchev–Trinajstić information content (AvgIpc) is 2.61. The fourth-order valence-corrected chi connectivity index (χ4v) is 2.00. The monoisotopic (exact) mass is 362 g/mol. The maximum atomic E-state index is 12.3. The Kier molecular flexibility index (Phi) is 5.63. The third-order valence-corrected chi connectivity index (χ3v) is 3.25. The van der Waals surface area contributed by atoms with E-state index in [0.717, 1.165) is 6.07 Å². The number of nitrogens with one attached hydrogen (secondary N) is 1. The molecule has 0 fully saturated rings. The Hall–Kier alpha value is -3.76. The molecule has 0 saturated heterocycles. The summed E-state index contributed by atoms with van der Waals surface area (Å²) in [5, 5.41) is 24.2. The minimum Gasteiger partial charge on any atom is -0.495 e. The maximum Gasteiger partial charge on any atom is 0.406 e. The molecule has 2 aromatic rings. The van der Waals surface area contributed by atoms with E-state index in [0.29, 0.717) is 0 Å². The molecule has 11 heteroatoms. The molecule has 2 rings (SSSR count). The van der Waals surface area contributed by atoms with Crippen LogP contribution in [0.3, 0.4) is 0 Å². The number of amides is 1. The highest BCUT2D eigenvalue weighted by molar-refractivity contribution is 5.95. The second-order valence-electron chi connectivity index (χ2n) is 4.97. The Morgan fingerprint density at radius 3 is 2.54 bits per heavy atom. The molecule has 0 aliphatic carbocycles. The molecule has 136 valence electrons. The van der Waals surface area contributed by atoms with Gasteiger partial charge >= 0.3 is 5.82 Å². The molecule has 26 heavy (non-hydrogen) atoms. The molecule has 1 unspecified atom stereocenters. The normalized spacial score (nSPS) is 11.3. The van der Waals surface area contributed by atoms with Crippen molar-refractivity contribution in [1.29, 1.82) is 0 Å². The summed E-state index contributed by atoms with van der Waals surface area (Å²) in [5.41, 5.74) is -0.166. The van der Waals surface area contributed by atoms with Gasteiger partial charge in [-0.25, -0.2) is 0 Å². The zero-order chi connectivity index (χ0) is 19.3. The number of ether oxygens (including phenoxy) is 2. The van der Waals surface area contributed by atoms with Crippen molar-refractivity contribution in [3.63, 3.8) is 0 Å². The molecule has 0 aliphatic rings. The van der Waals surface area contributed by atoms with Crippen molar-refractivity contribution >= 4 is 23.1 Å². The van der Waals surface area contributed by atoms with Gasteiger partial charge in [0.25, 0.3) is 11.6 Å². The smallest absolute Gasteiger partial charge is 0.406 e. The quantitative estimate of drug-likeness (QED) is 0.583. The van der Waals surface area contributed by atoms with Crippen molar-refractivity contribution in [3.8, 4) is 11.5 Å². The summed E-state index contributed by atoms with van der Waals surface area (Å²) < 4.78 is 10.4. The Bertz CT molecular complexity index is 856. The van der Waals surface area contributed by atoms with Crippen LogP contribution in [0.15, 0.2) is 36.5 Å². The number of carbonyl (C=O) groups is 1. The van der Waals surface area contributed by atoms with Crippen LogP contribution < -0.4 is 14.8 Å². The largest absolute Gasteiger partial charge is 0.495 e. The summed E-state index contributed by atoms with van der Waals surface area (Å²) in [6, 6.07) is 6.44. The molecule has 1 aromatic heterocycles. The number of nitro groups is 2. The molecular weight excluding hydrogens is 348 g/mol. The highest BCUT2D eigenvalue weighted by Crippen LogP contribution is 2.29. The molecule has 0 bridgehead atoms. The van der Waals surface area contributed by atoms with Crippen molar-refractivity contribution < 1.29 is 24.1 Å². The van der Waals surface area contributed by atoms with Crippen LogP contribution in [0.5, 0.6) is 11.5 Å². The summed E-state index contributed by atoms with van der Waals surface area (Å²) in [5.74, 6) is -1.17. The number of non-ortho nitro benzene ring substituents is 1. The highest BCUT2D eigenvalue weighted by atomic mass is 16.6. The molecule has 0 saturated carbocycles. The van der Waals surface area contributed by atoms with Crippen molar-refractivity contribution in [2.75, 3.05) is 12.4 Å². The number of methoxy groups -OCH3 is 1. The number of rotatable bonds is 7. The topological polar surface area (TPSA) is 147 Å². The second kappa shape index (κ2) is 7.88. The van der Waals surface area contributed by atoms with Gasteiger partial charge in [-0.15, -0.1) is 0 Å². The molecule has 0 radical (unpaired) electrons. The Balaban J connectivity index is 2.19. The number of pyridine rings is 1. The summed E-state index contributed by atoms with van der Waals surface area (Å²) in [4.78, 5) is 36.3. The Morgan fingerprint density at radius 2 is 1.92 bits per heavy atom. The van der Waals surface area contributed by atoms with Gasteiger partial charge in [-0.05, 0) is 35.0 Å². The molecule has 11 nitrogen and oxygen atoms in total. The lowest BCUT2D eigenvalue weighted by atomic mass is 10.2. The van der Waals surface area contributed by atoms with E-state index in [1.165, 1.54) is 44.5 Å². The first-order chi connectivity index (χ1) is 12.3. The number of anilines is 1. The lowest BCUT2D eigenvalue weighted by molar-refractivity contribution is -0.390. The lowest BCUT2D eigenvalue weighted by Crippen LogP contribution is -2.30. The van der Waals surface area contributed by atoms with E-state index in [4.69, 9.17) is 9.47 Å². The van der Waals surface area contributed by atoms with Crippen LogP contribution in [0.4, 0.5) is 17.2 Å². The lowest BCUT2D eigenvalue weighted by Gasteiger charge is -2.15. The minimum absolute atomic E-state index is 0.0721.